The number of nitrogens with one attached hydrogen (secondary N) is 2. The van der Waals surface area contributed by atoms with Crippen molar-refractivity contribution in [3.05, 3.63) is 93.9 Å². The maximum absolute atomic E-state index is 11.4. The van der Waals surface area contributed by atoms with Crippen molar-refractivity contribution in [2.75, 3.05) is 5.32 Å². The highest BCUT2D eigenvalue weighted by atomic mass is 35.5. The van der Waals surface area contributed by atoms with E-state index in [1.165, 1.54) is 6.07 Å². The highest BCUT2D eigenvalue weighted by molar-refractivity contribution is 6.30. The summed E-state index contributed by atoms with van der Waals surface area (Å²) in [6.45, 7) is 0.338. The van der Waals surface area contributed by atoms with Crippen LogP contribution < -0.4 is 15.6 Å². The van der Waals surface area contributed by atoms with Gasteiger partial charge < -0.3 is 15.0 Å². The summed E-state index contributed by atoms with van der Waals surface area (Å²) in [5.41, 5.74) is 2.37. The van der Waals surface area contributed by atoms with Crippen LogP contribution in [0, 0.1) is 0 Å². The van der Waals surface area contributed by atoms with Gasteiger partial charge in [-0.15, -0.1) is 0 Å². The Kier molecular flexibility index (Phi) is 4.77. The molecule has 2 N–H and O–H groups in total. The molecule has 27 heavy (non-hydrogen) atoms. The lowest BCUT2D eigenvalue weighted by molar-refractivity contribution is 0.302. The van der Waals surface area contributed by atoms with E-state index in [2.05, 4.69) is 15.3 Å². The van der Waals surface area contributed by atoms with Gasteiger partial charge in [0.2, 0.25) is 5.56 Å². The molecule has 5 nitrogen and oxygen atoms in total. The highest BCUT2D eigenvalue weighted by Gasteiger charge is 2.02. The molecule has 2 aromatic carbocycles. The van der Waals surface area contributed by atoms with Crippen LogP contribution in [0.1, 0.15) is 5.69 Å². The van der Waals surface area contributed by atoms with E-state index in [9.17, 15) is 4.79 Å². The number of halogens is 1. The molecule has 0 aliphatic carbocycles. The SMILES string of the molecule is O=c1ccc2cc(OCc3cccc(Nc4ccc(Cl)cc4)n3)ccc2[nH]1. The molecule has 0 saturated carbocycles. The third-order valence-electron chi connectivity index (χ3n) is 4.01. The molecule has 4 rings (SSSR count). The number of hydrogen-bond acceptors (Lipinski definition) is 4. The third kappa shape index (κ3) is 4.27. The van der Waals surface area contributed by atoms with Crippen LogP contribution in [0.4, 0.5) is 11.5 Å². The molecule has 0 aliphatic heterocycles. The van der Waals surface area contributed by atoms with Crippen LogP contribution in [-0.2, 0) is 6.61 Å². The molecule has 4 aromatic rings. The van der Waals surface area contributed by atoms with Gasteiger partial charge in [-0.2, -0.15) is 0 Å². The lowest BCUT2D eigenvalue weighted by Crippen LogP contribution is -2.03. The van der Waals surface area contributed by atoms with Crippen molar-refractivity contribution in [3.63, 3.8) is 0 Å². The Bertz CT molecular complexity index is 1140. The van der Waals surface area contributed by atoms with Gasteiger partial charge in [-0.05, 0) is 60.7 Å². The first-order chi connectivity index (χ1) is 13.2. The standard InChI is InChI=1S/C21H16ClN3O2/c22-15-5-7-16(8-6-15)23-20-3-1-2-17(24-20)13-27-18-9-10-19-14(12-18)4-11-21(26)25-19/h1-12H,13H2,(H,23,24)(H,25,26). The van der Waals surface area contributed by atoms with E-state index in [1.54, 1.807) is 6.07 Å². The zero-order valence-electron chi connectivity index (χ0n) is 14.3. The summed E-state index contributed by atoms with van der Waals surface area (Å²) in [6, 6.07) is 22.0. The Morgan fingerprint density at radius 3 is 2.70 bits per heavy atom. The van der Waals surface area contributed by atoms with Gasteiger partial charge in [0, 0.05) is 27.7 Å². The smallest absolute Gasteiger partial charge is 0.248 e. The van der Waals surface area contributed by atoms with Gasteiger partial charge >= 0.3 is 0 Å². The molecular formula is C21H16ClN3O2. The summed E-state index contributed by atoms with van der Waals surface area (Å²) >= 11 is 5.91. The summed E-state index contributed by atoms with van der Waals surface area (Å²) in [7, 11) is 0. The van der Waals surface area contributed by atoms with Crippen LogP contribution in [0.5, 0.6) is 5.75 Å². The molecule has 0 aliphatic rings. The van der Waals surface area contributed by atoms with Gasteiger partial charge in [-0.3, -0.25) is 4.79 Å². The zero-order chi connectivity index (χ0) is 18.6. The summed E-state index contributed by atoms with van der Waals surface area (Å²) in [5, 5.41) is 4.85. The fourth-order valence-corrected chi connectivity index (χ4v) is 2.82. The summed E-state index contributed by atoms with van der Waals surface area (Å²) in [4.78, 5) is 18.7. The number of nitrogens with zero attached hydrogens (tertiary/aromatic N) is 1. The van der Waals surface area contributed by atoms with Crippen LogP contribution in [0.25, 0.3) is 10.9 Å². The molecule has 0 atom stereocenters. The number of fused-ring (bicyclic) bond motifs is 1. The molecule has 0 spiro atoms. The number of aromatic nitrogens is 2. The van der Waals surface area contributed by atoms with Crippen LogP contribution in [0.3, 0.4) is 0 Å². The molecule has 0 fully saturated rings. The van der Waals surface area contributed by atoms with E-state index in [-0.39, 0.29) is 5.56 Å². The van der Waals surface area contributed by atoms with Crippen molar-refractivity contribution in [2.45, 2.75) is 6.61 Å². The van der Waals surface area contributed by atoms with Crippen molar-refractivity contribution in [2.24, 2.45) is 0 Å². The molecular weight excluding hydrogens is 362 g/mol. The van der Waals surface area contributed by atoms with Gasteiger partial charge in [-0.1, -0.05) is 17.7 Å². The van der Waals surface area contributed by atoms with Crippen LogP contribution in [-0.4, -0.2) is 9.97 Å². The Hall–Kier alpha value is -3.31. The predicted molar refractivity (Wildman–Crippen MR) is 108 cm³/mol. The Labute approximate surface area is 160 Å². The van der Waals surface area contributed by atoms with Gasteiger partial charge in [0.1, 0.15) is 18.2 Å². The number of hydrogen-bond donors (Lipinski definition) is 2. The van der Waals surface area contributed by atoms with E-state index in [0.717, 1.165) is 28.1 Å². The largest absolute Gasteiger partial charge is 0.487 e. The number of ether oxygens (including phenoxy) is 1. The van der Waals surface area contributed by atoms with Crippen LogP contribution >= 0.6 is 11.6 Å². The fourth-order valence-electron chi connectivity index (χ4n) is 2.69. The normalized spacial score (nSPS) is 10.7. The van der Waals surface area contributed by atoms with Crippen LogP contribution in [0.2, 0.25) is 5.02 Å². The fraction of sp³-hybridized carbons (Fsp3) is 0.0476. The quantitative estimate of drug-likeness (QED) is 0.519. The highest BCUT2D eigenvalue weighted by Crippen LogP contribution is 2.20. The van der Waals surface area contributed by atoms with Gasteiger partial charge in [0.05, 0.1) is 5.69 Å². The van der Waals surface area contributed by atoms with E-state index < -0.39 is 0 Å². The second-order valence-corrected chi connectivity index (χ2v) is 6.44. The van der Waals surface area contributed by atoms with E-state index >= 15 is 0 Å². The maximum Gasteiger partial charge on any atom is 0.248 e. The van der Waals surface area contributed by atoms with E-state index in [4.69, 9.17) is 16.3 Å². The minimum absolute atomic E-state index is 0.120. The van der Waals surface area contributed by atoms with Crippen molar-refractivity contribution in [1.82, 2.24) is 9.97 Å². The minimum atomic E-state index is -0.120. The average Bonchev–Trinajstić information content (AvgIpc) is 2.68. The van der Waals surface area contributed by atoms with Crippen molar-refractivity contribution >= 4 is 34.0 Å². The summed E-state index contributed by atoms with van der Waals surface area (Å²) in [5.74, 6) is 1.45. The predicted octanol–water partition coefficient (Wildman–Crippen LogP) is 4.90. The molecule has 134 valence electrons. The molecule has 0 unspecified atom stereocenters. The molecule has 6 heteroatoms. The Morgan fingerprint density at radius 1 is 1.00 bits per heavy atom. The Balaban J connectivity index is 1.46. The first-order valence-corrected chi connectivity index (χ1v) is 8.78. The lowest BCUT2D eigenvalue weighted by atomic mass is 10.2. The van der Waals surface area contributed by atoms with E-state index in [1.807, 2.05) is 60.7 Å². The van der Waals surface area contributed by atoms with Gasteiger partial charge in [0.25, 0.3) is 0 Å². The number of aromatic amines is 1. The monoisotopic (exact) mass is 377 g/mol. The lowest BCUT2D eigenvalue weighted by Gasteiger charge is -2.09. The van der Waals surface area contributed by atoms with Gasteiger partial charge in [0.15, 0.2) is 0 Å². The molecule has 0 amide bonds. The second-order valence-electron chi connectivity index (χ2n) is 6.01. The number of rotatable bonds is 5. The maximum atomic E-state index is 11.4. The van der Waals surface area contributed by atoms with Crippen molar-refractivity contribution < 1.29 is 4.74 Å². The van der Waals surface area contributed by atoms with Crippen molar-refractivity contribution in [1.29, 1.82) is 0 Å². The number of anilines is 2. The number of benzene rings is 2. The summed E-state index contributed by atoms with van der Waals surface area (Å²) < 4.78 is 5.85. The second kappa shape index (κ2) is 7.51. The Morgan fingerprint density at radius 2 is 1.85 bits per heavy atom. The molecule has 2 heterocycles. The number of H-pyrrole nitrogens is 1. The summed E-state index contributed by atoms with van der Waals surface area (Å²) in [6.07, 6.45) is 0. The molecule has 0 bridgehead atoms. The first kappa shape index (κ1) is 17.1. The molecule has 2 aromatic heterocycles. The third-order valence-corrected chi connectivity index (χ3v) is 4.26. The number of pyridine rings is 2. The van der Waals surface area contributed by atoms with Crippen LogP contribution in [0.15, 0.2) is 77.6 Å². The average molecular weight is 378 g/mol. The molecule has 0 saturated heterocycles. The minimum Gasteiger partial charge on any atom is -0.487 e. The van der Waals surface area contributed by atoms with Gasteiger partial charge in [-0.25, -0.2) is 4.98 Å². The first-order valence-electron chi connectivity index (χ1n) is 8.40. The van der Waals surface area contributed by atoms with Crippen molar-refractivity contribution in [3.8, 4) is 5.75 Å². The van der Waals surface area contributed by atoms with E-state index in [0.29, 0.717) is 17.4 Å². The zero-order valence-corrected chi connectivity index (χ0v) is 15.0. The topological polar surface area (TPSA) is 67.0 Å². The molecule has 0 radical (unpaired) electrons.